The Hall–Kier alpha value is -1.01. The first-order valence-corrected chi connectivity index (χ1v) is 4.27. The molecule has 0 bridgehead atoms. The Morgan fingerprint density at radius 3 is 3.17 bits per heavy atom. The molecule has 62 valence electrons. The van der Waals surface area contributed by atoms with Gasteiger partial charge in [0.05, 0.1) is 0 Å². The Morgan fingerprint density at radius 1 is 1.67 bits per heavy atom. The van der Waals surface area contributed by atoms with Crippen LogP contribution < -0.4 is 4.74 Å². The van der Waals surface area contributed by atoms with Crippen molar-refractivity contribution >= 4 is 15.9 Å². The predicted octanol–water partition coefficient (Wildman–Crippen LogP) is 2.25. The number of hydrogen-bond acceptors (Lipinski definition) is 2. The molecule has 0 fully saturated rings. The van der Waals surface area contributed by atoms with Gasteiger partial charge < -0.3 is 4.74 Å². The van der Waals surface area contributed by atoms with Gasteiger partial charge in [-0.25, -0.2) is 4.98 Å². The van der Waals surface area contributed by atoms with Crippen LogP contribution in [0.15, 0.2) is 22.9 Å². The Morgan fingerprint density at radius 2 is 2.50 bits per heavy atom. The summed E-state index contributed by atoms with van der Waals surface area (Å²) < 4.78 is 6.01. The smallest absolute Gasteiger partial charge is 0.153 e. The summed E-state index contributed by atoms with van der Waals surface area (Å²) in [4.78, 5) is 4.00. The third-order valence-corrected chi connectivity index (χ3v) is 1.80. The maximum atomic E-state index is 5.29. The Kier molecular flexibility index (Phi) is 3.62. The molecule has 1 aromatic rings. The van der Waals surface area contributed by atoms with Crippen molar-refractivity contribution in [3.63, 3.8) is 0 Å². The summed E-state index contributed by atoms with van der Waals surface area (Å²) in [5, 5.41) is 0. The number of aromatic nitrogens is 1. The second-order valence-corrected chi connectivity index (χ2v) is 2.76. The lowest BCUT2D eigenvalue weighted by molar-refractivity contribution is 0.366. The fourth-order valence-corrected chi connectivity index (χ4v) is 1.03. The number of ether oxygens (including phenoxy) is 1. The highest BCUT2D eigenvalue weighted by Gasteiger charge is 1.97. The van der Waals surface area contributed by atoms with Crippen LogP contribution in [-0.2, 0) is 0 Å². The van der Waals surface area contributed by atoms with Gasteiger partial charge in [-0.1, -0.05) is 5.92 Å². The Bertz CT molecular complexity index is 314. The Balaban J connectivity index is 2.61. The molecule has 0 N–H and O–H groups in total. The fraction of sp³-hybridized carbons (Fsp3) is 0.222. The molecule has 1 rings (SSSR count). The van der Waals surface area contributed by atoms with E-state index in [1.165, 1.54) is 0 Å². The SMILES string of the molecule is CC#CCOc1cccnc1Br. The lowest BCUT2D eigenvalue weighted by atomic mass is 10.5. The fourth-order valence-electron chi connectivity index (χ4n) is 0.665. The van der Waals surface area contributed by atoms with Crippen molar-refractivity contribution in [2.45, 2.75) is 6.92 Å². The van der Waals surface area contributed by atoms with Gasteiger partial charge in [0, 0.05) is 6.20 Å². The second kappa shape index (κ2) is 4.78. The van der Waals surface area contributed by atoms with Crippen molar-refractivity contribution in [2.24, 2.45) is 0 Å². The van der Waals surface area contributed by atoms with Crippen molar-refractivity contribution in [1.29, 1.82) is 0 Å². The minimum Gasteiger partial charge on any atom is -0.478 e. The van der Waals surface area contributed by atoms with E-state index in [0.29, 0.717) is 11.2 Å². The molecule has 0 radical (unpaired) electrons. The average molecular weight is 226 g/mol. The highest BCUT2D eigenvalue weighted by Crippen LogP contribution is 2.20. The van der Waals surface area contributed by atoms with Crippen LogP contribution in [0.4, 0.5) is 0 Å². The number of pyridine rings is 1. The maximum absolute atomic E-state index is 5.29. The average Bonchev–Trinajstić information content (AvgIpc) is 2.09. The molecule has 0 unspecified atom stereocenters. The topological polar surface area (TPSA) is 22.1 Å². The van der Waals surface area contributed by atoms with Crippen LogP contribution in [-0.4, -0.2) is 11.6 Å². The van der Waals surface area contributed by atoms with Gasteiger partial charge >= 0.3 is 0 Å². The zero-order valence-corrected chi connectivity index (χ0v) is 8.26. The van der Waals surface area contributed by atoms with Gasteiger partial charge in [-0.3, -0.25) is 0 Å². The first-order valence-electron chi connectivity index (χ1n) is 3.47. The standard InChI is InChI=1S/C9H8BrNO/c1-2-3-7-12-8-5-4-6-11-9(8)10/h4-6H,7H2,1H3. The Labute approximate surface area is 80.1 Å². The van der Waals surface area contributed by atoms with Crippen molar-refractivity contribution in [2.75, 3.05) is 6.61 Å². The molecular weight excluding hydrogens is 218 g/mol. The van der Waals surface area contributed by atoms with Gasteiger partial charge in [-0.15, -0.1) is 5.92 Å². The zero-order valence-electron chi connectivity index (χ0n) is 6.67. The molecule has 3 heteroatoms. The number of rotatable bonds is 2. The van der Waals surface area contributed by atoms with Gasteiger partial charge in [-0.05, 0) is 35.0 Å². The lowest BCUT2D eigenvalue weighted by Crippen LogP contribution is -1.94. The van der Waals surface area contributed by atoms with Crippen LogP contribution in [0.25, 0.3) is 0 Å². The summed E-state index contributed by atoms with van der Waals surface area (Å²) in [6.07, 6.45) is 1.70. The van der Waals surface area contributed by atoms with Crippen LogP contribution in [0.5, 0.6) is 5.75 Å². The number of nitrogens with zero attached hydrogens (tertiary/aromatic N) is 1. The molecule has 1 aromatic heterocycles. The molecule has 0 aliphatic carbocycles. The van der Waals surface area contributed by atoms with Crippen molar-refractivity contribution in [3.8, 4) is 17.6 Å². The van der Waals surface area contributed by atoms with Gasteiger partial charge in [0.15, 0.2) is 5.75 Å². The summed E-state index contributed by atoms with van der Waals surface area (Å²) >= 11 is 3.26. The van der Waals surface area contributed by atoms with Gasteiger partial charge in [0.2, 0.25) is 0 Å². The minimum atomic E-state index is 0.404. The van der Waals surface area contributed by atoms with Gasteiger partial charge in [0.25, 0.3) is 0 Å². The molecule has 0 saturated heterocycles. The summed E-state index contributed by atoms with van der Waals surface area (Å²) in [5.74, 6) is 6.27. The molecule has 0 amide bonds. The summed E-state index contributed by atoms with van der Waals surface area (Å²) in [6.45, 7) is 2.18. The summed E-state index contributed by atoms with van der Waals surface area (Å²) in [5.41, 5.74) is 0. The number of hydrogen-bond donors (Lipinski definition) is 0. The van der Waals surface area contributed by atoms with E-state index in [1.54, 1.807) is 13.1 Å². The maximum Gasteiger partial charge on any atom is 0.153 e. The molecular formula is C9H8BrNO. The molecule has 0 saturated carbocycles. The van der Waals surface area contributed by atoms with Crippen LogP contribution in [0.3, 0.4) is 0 Å². The van der Waals surface area contributed by atoms with E-state index < -0.39 is 0 Å². The van der Waals surface area contributed by atoms with Gasteiger partial charge in [-0.2, -0.15) is 0 Å². The largest absolute Gasteiger partial charge is 0.478 e. The molecule has 2 nitrogen and oxygen atoms in total. The van der Waals surface area contributed by atoms with Crippen LogP contribution in [0, 0.1) is 11.8 Å². The van der Waals surface area contributed by atoms with E-state index in [-0.39, 0.29) is 0 Å². The number of halogens is 1. The normalized spacial score (nSPS) is 8.50. The van der Waals surface area contributed by atoms with Gasteiger partial charge in [0.1, 0.15) is 11.2 Å². The van der Waals surface area contributed by atoms with E-state index in [1.807, 2.05) is 12.1 Å². The monoisotopic (exact) mass is 225 g/mol. The van der Waals surface area contributed by atoms with Crippen molar-refractivity contribution in [1.82, 2.24) is 4.98 Å². The van der Waals surface area contributed by atoms with E-state index in [0.717, 1.165) is 5.75 Å². The quantitative estimate of drug-likeness (QED) is 0.569. The molecule has 0 aromatic carbocycles. The van der Waals surface area contributed by atoms with Crippen LogP contribution in [0.1, 0.15) is 6.92 Å². The molecule has 0 spiro atoms. The summed E-state index contributed by atoms with van der Waals surface area (Å²) in [7, 11) is 0. The minimum absolute atomic E-state index is 0.404. The molecule has 0 atom stereocenters. The van der Waals surface area contributed by atoms with Crippen molar-refractivity contribution in [3.05, 3.63) is 22.9 Å². The lowest BCUT2D eigenvalue weighted by Gasteiger charge is -2.01. The van der Waals surface area contributed by atoms with E-state index in [4.69, 9.17) is 4.74 Å². The van der Waals surface area contributed by atoms with E-state index >= 15 is 0 Å². The predicted molar refractivity (Wildman–Crippen MR) is 50.9 cm³/mol. The highest BCUT2D eigenvalue weighted by atomic mass is 79.9. The third-order valence-electron chi connectivity index (χ3n) is 1.20. The van der Waals surface area contributed by atoms with E-state index in [9.17, 15) is 0 Å². The molecule has 0 aliphatic rings. The van der Waals surface area contributed by atoms with Crippen molar-refractivity contribution < 1.29 is 4.74 Å². The highest BCUT2D eigenvalue weighted by molar-refractivity contribution is 9.10. The zero-order chi connectivity index (χ0) is 8.81. The summed E-state index contributed by atoms with van der Waals surface area (Å²) in [6, 6.07) is 3.66. The first-order chi connectivity index (χ1) is 5.84. The molecule has 1 heterocycles. The van der Waals surface area contributed by atoms with Crippen LogP contribution in [0.2, 0.25) is 0 Å². The van der Waals surface area contributed by atoms with Crippen LogP contribution >= 0.6 is 15.9 Å². The molecule has 0 aliphatic heterocycles. The molecule has 12 heavy (non-hydrogen) atoms. The second-order valence-electron chi connectivity index (χ2n) is 2.01. The van der Waals surface area contributed by atoms with E-state index in [2.05, 4.69) is 32.8 Å². The third kappa shape index (κ3) is 2.55. The first kappa shape index (κ1) is 9.08.